The van der Waals surface area contributed by atoms with E-state index < -0.39 is 18.9 Å². The van der Waals surface area contributed by atoms with Crippen molar-refractivity contribution in [1.29, 1.82) is 0 Å². The number of hydrogen-bond donors (Lipinski definition) is 2. The first kappa shape index (κ1) is 14.5. The molecular formula is C10H14F4N4. The van der Waals surface area contributed by atoms with E-state index in [1.165, 1.54) is 12.3 Å². The third-order valence-electron chi connectivity index (χ3n) is 2.01. The molecule has 0 bridgehead atoms. The Morgan fingerprint density at radius 3 is 2.67 bits per heavy atom. The molecular weight excluding hydrogens is 252 g/mol. The Bertz CT molecular complexity index is 373. The normalized spacial score (nSPS) is 11.7. The van der Waals surface area contributed by atoms with Gasteiger partial charge in [0, 0.05) is 12.7 Å². The van der Waals surface area contributed by atoms with E-state index in [2.05, 4.69) is 20.6 Å². The lowest BCUT2D eigenvalue weighted by Gasteiger charge is -2.16. The minimum absolute atomic E-state index is 0.0731. The number of nitrogens with zero attached hydrogens (tertiary/aromatic N) is 2. The summed E-state index contributed by atoms with van der Waals surface area (Å²) in [6.07, 6.45) is -1.50. The molecule has 0 spiro atoms. The maximum absolute atomic E-state index is 12.7. The Morgan fingerprint density at radius 2 is 2.06 bits per heavy atom. The SMILES string of the molecule is CCCNc1nccc(NCC(F)(F)C(F)F)n1. The van der Waals surface area contributed by atoms with Crippen LogP contribution in [0.15, 0.2) is 12.3 Å². The monoisotopic (exact) mass is 266 g/mol. The molecule has 1 rings (SSSR count). The Morgan fingerprint density at radius 1 is 1.33 bits per heavy atom. The molecule has 1 aromatic heterocycles. The first-order valence-electron chi connectivity index (χ1n) is 5.42. The Labute approximate surface area is 102 Å². The molecule has 8 heteroatoms. The summed E-state index contributed by atoms with van der Waals surface area (Å²) in [4.78, 5) is 7.72. The molecule has 0 aliphatic rings. The number of aromatic nitrogens is 2. The molecule has 0 atom stereocenters. The molecule has 0 aromatic carbocycles. The summed E-state index contributed by atoms with van der Waals surface area (Å²) in [5.74, 6) is -3.74. The number of anilines is 2. The van der Waals surface area contributed by atoms with Crippen LogP contribution in [-0.2, 0) is 0 Å². The van der Waals surface area contributed by atoms with Crippen molar-refractivity contribution in [3.63, 3.8) is 0 Å². The van der Waals surface area contributed by atoms with E-state index in [9.17, 15) is 17.6 Å². The maximum Gasteiger partial charge on any atom is 0.324 e. The number of halogens is 4. The van der Waals surface area contributed by atoms with Crippen LogP contribution in [-0.4, -0.2) is 35.4 Å². The van der Waals surface area contributed by atoms with Gasteiger partial charge in [-0.2, -0.15) is 13.8 Å². The van der Waals surface area contributed by atoms with E-state index in [0.717, 1.165) is 6.42 Å². The molecule has 0 unspecified atom stereocenters. The highest BCUT2D eigenvalue weighted by Gasteiger charge is 2.40. The molecule has 18 heavy (non-hydrogen) atoms. The zero-order valence-electron chi connectivity index (χ0n) is 9.76. The van der Waals surface area contributed by atoms with Crippen molar-refractivity contribution in [3.8, 4) is 0 Å². The van der Waals surface area contributed by atoms with Crippen LogP contribution in [0.5, 0.6) is 0 Å². The van der Waals surface area contributed by atoms with E-state index in [1.807, 2.05) is 6.92 Å². The average molecular weight is 266 g/mol. The Kier molecular flexibility index (Phi) is 5.11. The summed E-state index contributed by atoms with van der Waals surface area (Å²) >= 11 is 0. The average Bonchev–Trinajstić information content (AvgIpc) is 2.34. The van der Waals surface area contributed by atoms with Crippen LogP contribution in [0.25, 0.3) is 0 Å². The van der Waals surface area contributed by atoms with Gasteiger partial charge in [0.2, 0.25) is 5.95 Å². The van der Waals surface area contributed by atoms with Gasteiger partial charge in [0.1, 0.15) is 5.82 Å². The molecule has 0 aliphatic heterocycles. The van der Waals surface area contributed by atoms with Crippen molar-refractivity contribution in [3.05, 3.63) is 12.3 Å². The molecule has 0 saturated carbocycles. The van der Waals surface area contributed by atoms with Crippen LogP contribution in [0.1, 0.15) is 13.3 Å². The van der Waals surface area contributed by atoms with Crippen LogP contribution in [0.4, 0.5) is 29.3 Å². The van der Waals surface area contributed by atoms with Gasteiger partial charge >= 0.3 is 12.3 Å². The highest BCUT2D eigenvalue weighted by molar-refractivity contribution is 5.39. The van der Waals surface area contributed by atoms with E-state index in [4.69, 9.17) is 0 Å². The molecule has 0 saturated heterocycles. The number of hydrogen-bond acceptors (Lipinski definition) is 4. The predicted molar refractivity (Wildman–Crippen MR) is 60.3 cm³/mol. The smallest absolute Gasteiger partial charge is 0.324 e. The summed E-state index contributed by atoms with van der Waals surface area (Å²) < 4.78 is 49.2. The van der Waals surface area contributed by atoms with Crippen molar-refractivity contribution < 1.29 is 17.6 Å². The molecule has 102 valence electrons. The van der Waals surface area contributed by atoms with Gasteiger partial charge in [0.05, 0.1) is 6.54 Å². The van der Waals surface area contributed by atoms with Crippen molar-refractivity contribution in [2.45, 2.75) is 25.7 Å². The lowest BCUT2D eigenvalue weighted by molar-refractivity contribution is -0.117. The number of rotatable bonds is 7. The molecule has 0 fully saturated rings. The lowest BCUT2D eigenvalue weighted by atomic mass is 10.3. The first-order chi connectivity index (χ1) is 8.45. The molecule has 0 aliphatic carbocycles. The lowest BCUT2D eigenvalue weighted by Crippen LogP contribution is -2.35. The highest BCUT2D eigenvalue weighted by Crippen LogP contribution is 2.22. The van der Waals surface area contributed by atoms with Gasteiger partial charge in [0.15, 0.2) is 0 Å². The van der Waals surface area contributed by atoms with Gasteiger partial charge in [0.25, 0.3) is 0 Å². The van der Waals surface area contributed by atoms with E-state index in [0.29, 0.717) is 6.54 Å². The van der Waals surface area contributed by atoms with E-state index >= 15 is 0 Å². The van der Waals surface area contributed by atoms with Crippen LogP contribution >= 0.6 is 0 Å². The van der Waals surface area contributed by atoms with Gasteiger partial charge in [-0.25, -0.2) is 13.8 Å². The van der Waals surface area contributed by atoms with Crippen molar-refractivity contribution in [1.82, 2.24) is 9.97 Å². The topological polar surface area (TPSA) is 49.8 Å². The van der Waals surface area contributed by atoms with Gasteiger partial charge in [-0.3, -0.25) is 0 Å². The molecule has 1 heterocycles. The second-order valence-electron chi connectivity index (χ2n) is 3.61. The first-order valence-corrected chi connectivity index (χ1v) is 5.42. The zero-order valence-corrected chi connectivity index (χ0v) is 9.76. The molecule has 4 nitrogen and oxygen atoms in total. The van der Waals surface area contributed by atoms with Gasteiger partial charge in [-0.15, -0.1) is 0 Å². The summed E-state index contributed by atoms with van der Waals surface area (Å²) in [6, 6.07) is 1.33. The van der Waals surface area contributed by atoms with Gasteiger partial charge in [-0.05, 0) is 12.5 Å². The molecule has 1 aromatic rings. The quantitative estimate of drug-likeness (QED) is 0.745. The van der Waals surface area contributed by atoms with Gasteiger partial charge < -0.3 is 10.6 Å². The number of alkyl halides is 4. The molecule has 2 N–H and O–H groups in total. The number of nitrogens with one attached hydrogen (secondary N) is 2. The summed E-state index contributed by atoms with van der Waals surface area (Å²) in [6.45, 7) is 1.41. The predicted octanol–water partition coefficient (Wildman–Crippen LogP) is 2.61. The van der Waals surface area contributed by atoms with E-state index in [-0.39, 0.29) is 11.8 Å². The minimum Gasteiger partial charge on any atom is -0.364 e. The van der Waals surface area contributed by atoms with Crippen LogP contribution in [0.2, 0.25) is 0 Å². The third-order valence-corrected chi connectivity index (χ3v) is 2.01. The van der Waals surface area contributed by atoms with Crippen molar-refractivity contribution >= 4 is 11.8 Å². The van der Waals surface area contributed by atoms with Crippen LogP contribution in [0.3, 0.4) is 0 Å². The zero-order chi connectivity index (χ0) is 13.6. The molecule has 0 radical (unpaired) electrons. The fourth-order valence-corrected chi connectivity index (χ4v) is 1.06. The van der Waals surface area contributed by atoms with Crippen molar-refractivity contribution in [2.75, 3.05) is 23.7 Å². The van der Waals surface area contributed by atoms with E-state index in [1.54, 1.807) is 0 Å². The minimum atomic E-state index is -4.08. The summed E-state index contributed by atoms with van der Waals surface area (Å²) in [7, 11) is 0. The summed E-state index contributed by atoms with van der Waals surface area (Å²) in [5, 5.41) is 5.02. The Balaban J connectivity index is 2.57. The standard InChI is InChI=1S/C10H14F4N4/c1-2-4-15-9-16-5-3-7(18-9)17-6-10(13,14)8(11)12/h3,5,8H,2,4,6H2,1H3,(H2,15,16,17,18). The van der Waals surface area contributed by atoms with Crippen LogP contribution in [0, 0.1) is 0 Å². The second-order valence-corrected chi connectivity index (χ2v) is 3.61. The summed E-state index contributed by atoms with van der Waals surface area (Å²) in [5.41, 5.74) is 0. The highest BCUT2D eigenvalue weighted by atomic mass is 19.3. The third kappa shape index (κ3) is 4.34. The second kappa shape index (κ2) is 6.36. The van der Waals surface area contributed by atoms with Gasteiger partial charge in [-0.1, -0.05) is 6.92 Å². The fourth-order valence-electron chi connectivity index (χ4n) is 1.06. The van der Waals surface area contributed by atoms with Crippen molar-refractivity contribution in [2.24, 2.45) is 0 Å². The van der Waals surface area contributed by atoms with Crippen LogP contribution < -0.4 is 10.6 Å². The maximum atomic E-state index is 12.7. The fraction of sp³-hybridized carbons (Fsp3) is 0.600. The Hall–Kier alpha value is -1.60. The molecule has 0 amide bonds. The largest absolute Gasteiger partial charge is 0.364 e.